The van der Waals surface area contributed by atoms with Crippen molar-refractivity contribution in [2.75, 3.05) is 5.32 Å². The number of hydrogen-bond acceptors (Lipinski definition) is 7. The van der Waals surface area contributed by atoms with Crippen LogP contribution in [0.3, 0.4) is 0 Å². The van der Waals surface area contributed by atoms with E-state index in [4.69, 9.17) is 0 Å². The van der Waals surface area contributed by atoms with Gasteiger partial charge in [-0.25, -0.2) is 15.0 Å². The molecule has 1 saturated carbocycles. The zero-order valence-electron chi connectivity index (χ0n) is 17.8. The van der Waals surface area contributed by atoms with Crippen molar-refractivity contribution in [3.05, 3.63) is 52.9 Å². The van der Waals surface area contributed by atoms with Crippen LogP contribution in [0, 0.1) is 25.7 Å². The molecule has 7 nitrogen and oxygen atoms in total. The molecule has 162 valence electrons. The minimum atomic E-state index is -1.07. The van der Waals surface area contributed by atoms with Gasteiger partial charge in [-0.1, -0.05) is 13.0 Å². The summed E-state index contributed by atoms with van der Waals surface area (Å²) in [5.41, 5.74) is 2.77. The smallest absolute Gasteiger partial charge is 0.306 e. The monoisotopic (exact) mass is 438 g/mol. The second kappa shape index (κ2) is 8.36. The number of aliphatic carboxylic acids is 1. The van der Waals surface area contributed by atoms with E-state index < -0.39 is 17.5 Å². The zero-order valence-corrected chi connectivity index (χ0v) is 18.6. The average molecular weight is 439 g/mol. The Balaban J connectivity index is 1.58. The number of carboxylic acid groups (broad SMARTS) is 1. The molecule has 3 atom stereocenters. The van der Waals surface area contributed by atoms with Crippen molar-refractivity contribution in [2.45, 2.75) is 45.6 Å². The lowest BCUT2D eigenvalue weighted by Crippen LogP contribution is -2.38. The van der Waals surface area contributed by atoms with Gasteiger partial charge in [0.15, 0.2) is 0 Å². The number of thiazole rings is 1. The van der Waals surface area contributed by atoms with Gasteiger partial charge in [-0.05, 0) is 68.4 Å². The molecule has 1 aliphatic rings. The normalized spacial score (nSPS) is 23.5. The summed E-state index contributed by atoms with van der Waals surface area (Å²) in [4.78, 5) is 25.5. The van der Waals surface area contributed by atoms with Crippen molar-refractivity contribution in [2.24, 2.45) is 11.8 Å². The summed E-state index contributed by atoms with van der Waals surface area (Å²) in [6.07, 6.45) is 4.77. The number of benzene rings is 1. The Morgan fingerprint density at radius 1 is 1.26 bits per heavy atom. The molecular formula is C23H26N4O3S. The molecule has 0 aliphatic heterocycles. The van der Waals surface area contributed by atoms with Crippen LogP contribution in [0.4, 0.5) is 11.6 Å². The standard InChI is InChI=1S/C23H26N4O3S/c1-13-8-16(10-17(9-13)27-22-24-7-5-15(3)26-22)19-12-25-21(31-19)23(30)6-4-18(20(28)29)14(2)11-23/h5,7-10,12,14,18,30H,4,6,11H2,1-3H3,(H,28,29)(H,24,26,27)/t14-,18-,23+/m1/s1. The maximum absolute atomic E-state index is 11.4. The summed E-state index contributed by atoms with van der Waals surface area (Å²) in [6, 6.07) is 7.97. The first-order valence-electron chi connectivity index (χ1n) is 10.3. The molecule has 1 fully saturated rings. The molecule has 0 amide bonds. The second-order valence-corrected chi connectivity index (χ2v) is 9.49. The third kappa shape index (κ3) is 4.60. The van der Waals surface area contributed by atoms with E-state index in [0.717, 1.165) is 27.4 Å². The molecule has 3 N–H and O–H groups in total. The van der Waals surface area contributed by atoms with Crippen LogP contribution in [0.5, 0.6) is 0 Å². The molecule has 0 unspecified atom stereocenters. The van der Waals surface area contributed by atoms with Crippen molar-refractivity contribution in [1.29, 1.82) is 0 Å². The number of aromatic nitrogens is 3. The number of hydrogen-bond donors (Lipinski definition) is 3. The average Bonchev–Trinajstić information content (AvgIpc) is 3.18. The van der Waals surface area contributed by atoms with Crippen LogP contribution in [0.15, 0.2) is 36.7 Å². The van der Waals surface area contributed by atoms with E-state index in [9.17, 15) is 15.0 Å². The third-order valence-electron chi connectivity index (χ3n) is 5.85. The van der Waals surface area contributed by atoms with Crippen LogP contribution >= 0.6 is 11.3 Å². The molecule has 4 rings (SSSR count). The van der Waals surface area contributed by atoms with Gasteiger partial charge in [0.25, 0.3) is 0 Å². The lowest BCUT2D eigenvalue weighted by Gasteiger charge is -2.37. The summed E-state index contributed by atoms with van der Waals surface area (Å²) in [5.74, 6) is -0.756. The van der Waals surface area contributed by atoms with E-state index in [-0.39, 0.29) is 5.92 Å². The van der Waals surface area contributed by atoms with E-state index in [2.05, 4.69) is 26.3 Å². The molecular weight excluding hydrogens is 412 g/mol. The van der Waals surface area contributed by atoms with Crippen molar-refractivity contribution in [1.82, 2.24) is 15.0 Å². The first-order valence-corrected chi connectivity index (χ1v) is 11.2. The Kier molecular flexibility index (Phi) is 5.77. The molecule has 0 bridgehead atoms. The molecule has 2 aromatic heterocycles. The molecule has 0 radical (unpaired) electrons. The highest BCUT2D eigenvalue weighted by Crippen LogP contribution is 2.45. The van der Waals surface area contributed by atoms with Crippen LogP contribution in [-0.2, 0) is 10.4 Å². The summed E-state index contributed by atoms with van der Waals surface area (Å²) in [6.45, 7) is 5.84. The number of nitrogens with zero attached hydrogens (tertiary/aromatic N) is 3. The van der Waals surface area contributed by atoms with Crippen LogP contribution < -0.4 is 5.32 Å². The van der Waals surface area contributed by atoms with E-state index in [1.165, 1.54) is 11.3 Å². The van der Waals surface area contributed by atoms with Gasteiger partial charge in [0.05, 0.1) is 10.8 Å². The number of aliphatic hydroxyl groups is 1. The minimum absolute atomic E-state index is 0.104. The van der Waals surface area contributed by atoms with E-state index in [0.29, 0.717) is 30.2 Å². The number of nitrogens with one attached hydrogen (secondary N) is 1. The van der Waals surface area contributed by atoms with E-state index in [1.807, 2.05) is 39.0 Å². The Labute approximate surface area is 185 Å². The predicted octanol–water partition coefficient (Wildman–Crippen LogP) is 4.67. The van der Waals surface area contributed by atoms with Crippen molar-refractivity contribution in [3.63, 3.8) is 0 Å². The fraction of sp³-hybridized carbons (Fsp3) is 0.391. The maximum atomic E-state index is 11.4. The molecule has 0 saturated heterocycles. The van der Waals surface area contributed by atoms with Gasteiger partial charge < -0.3 is 15.5 Å². The Morgan fingerprint density at radius 3 is 2.77 bits per heavy atom. The second-order valence-electron chi connectivity index (χ2n) is 8.46. The van der Waals surface area contributed by atoms with Gasteiger partial charge in [0.2, 0.25) is 5.95 Å². The summed E-state index contributed by atoms with van der Waals surface area (Å²) in [7, 11) is 0. The van der Waals surface area contributed by atoms with Crippen LogP contribution in [0.1, 0.15) is 42.5 Å². The molecule has 1 aromatic carbocycles. The van der Waals surface area contributed by atoms with Gasteiger partial charge in [0, 0.05) is 23.8 Å². The quantitative estimate of drug-likeness (QED) is 0.531. The van der Waals surface area contributed by atoms with Gasteiger partial charge >= 0.3 is 5.97 Å². The first-order chi connectivity index (χ1) is 14.7. The lowest BCUT2D eigenvalue weighted by atomic mass is 9.72. The van der Waals surface area contributed by atoms with Crippen molar-refractivity contribution >= 4 is 28.9 Å². The van der Waals surface area contributed by atoms with Gasteiger partial charge in [0.1, 0.15) is 10.6 Å². The first kappa shape index (κ1) is 21.4. The maximum Gasteiger partial charge on any atom is 0.306 e. The SMILES string of the molecule is Cc1cc(Nc2nccc(C)n2)cc(-c2cnc([C@]3(O)CC[C@@H](C(=O)O)[C@H](C)C3)s2)c1. The summed E-state index contributed by atoms with van der Waals surface area (Å²) < 4.78 is 0. The van der Waals surface area contributed by atoms with Crippen LogP contribution in [-0.4, -0.2) is 31.1 Å². The number of rotatable bonds is 5. The number of aryl methyl sites for hydroxylation is 2. The molecule has 1 aliphatic carbocycles. The van der Waals surface area contributed by atoms with Gasteiger partial charge in [-0.3, -0.25) is 4.79 Å². The van der Waals surface area contributed by atoms with Gasteiger partial charge in [-0.2, -0.15) is 0 Å². The number of carbonyl (C=O) groups is 1. The highest BCUT2D eigenvalue weighted by atomic mass is 32.1. The fourth-order valence-electron chi connectivity index (χ4n) is 4.28. The largest absolute Gasteiger partial charge is 0.481 e. The van der Waals surface area contributed by atoms with Crippen LogP contribution in [0.2, 0.25) is 0 Å². The lowest BCUT2D eigenvalue weighted by molar-refractivity contribution is -0.148. The van der Waals surface area contributed by atoms with E-state index in [1.54, 1.807) is 12.4 Å². The number of carboxylic acids is 1. The Hall–Kier alpha value is -2.84. The highest BCUT2D eigenvalue weighted by molar-refractivity contribution is 7.15. The van der Waals surface area contributed by atoms with Gasteiger partial charge in [-0.15, -0.1) is 11.3 Å². The Morgan fingerprint density at radius 2 is 2.06 bits per heavy atom. The molecule has 0 spiro atoms. The molecule has 8 heteroatoms. The molecule has 3 aromatic rings. The summed E-state index contributed by atoms with van der Waals surface area (Å²) >= 11 is 1.46. The minimum Gasteiger partial charge on any atom is -0.481 e. The highest BCUT2D eigenvalue weighted by Gasteiger charge is 2.43. The van der Waals surface area contributed by atoms with E-state index >= 15 is 0 Å². The Bertz CT molecular complexity index is 1120. The van der Waals surface area contributed by atoms with Crippen molar-refractivity contribution < 1.29 is 15.0 Å². The summed E-state index contributed by atoms with van der Waals surface area (Å²) in [5, 5.41) is 24.5. The fourth-order valence-corrected chi connectivity index (χ4v) is 5.31. The number of anilines is 2. The molecule has 2 heterocycles. The predicted molar refractivity (Wildman–Crippen MR) is 120 cm³/mol. The van der Waals surface area contributed by atoms with Crippen molar-refractivity contribution in [3.8, 4) is 10.4 Å². The van der Waals surface area contributed by atoms with Crippen LogP contribution in [0.25, 0.3) is 10.4 Å². The third-order valence-corrected chi connectivity index (χ3v) is 7.09. The topological polar surface area (TPSA) is 108 Å². The molecule has 31 heavy (non-hydrogen) atoms. The zero-order chi connectivity index (χ0) is 22.2.